The van der Waals surface area contributed by atoms with E-state index < -0.39 is 16.5 Å². The third kappa shape index (κ3) is 2.23. The van der Waals surface area contributed by atoms with Gasteiger partial charge in [0.25, 0.3) is 0 Å². The van der Waals surface area contributed by atoms with Crippen molar-refractivity contribution in [2.75, 3.05) is 0 Å². The molecule has 2 bridgehead atoms. The van der Waals surface area contributed by atoms with Crippen LogP contribution in [0.15, 0.2) is 30.9 Å². The minimum Gasteiger partial charge on any atom is -0.545 e. The van der Waals surface area contributed by atoms with Crippen LogP contribution in [0, 0.1) is 10.1 Å². The number of nitro benzene ring substituents is 1. The van der Waals surface area contributed by atoms with Crippen molar-refractivity contribution in [2.45, 2.75) is 37.1 Å². The van der Waals surface area contributed by atoms with E-state index in [4.69, 9.17) is 9.47 Å². The molecule has 0 amide bonds. The van der Waals surface area contributed by atoms with Crippen LogP contribution >= 0.6 is 0 Å². The monoisotopic (exact) mass is 304 g/mol. The van der Waals surface area contributed by atoms with Crippen molar-refractivity contribution in [3.8, 4) is 5.75 Å². The van der Waals surface area contributed by atoms with Crippen molar-refractivity contribution < 1.29 is 24.3 Å². The summed E-state index contributed by atoms with van der Waals surface area (Å²) in [4.78, 5) is 21.5. The summed E-state index contributed by atoms with van der Waals surface area (Å²) in [6, 6.07) is 3.34. The van der Waals surface area contributed by atoms with E-state index in [1.54, 1.807) is 6.08 Å². The first-order chi connectivity index (χ1) is 10.4. The van der Waals surface area contributed by atoms with E-state index in [9.17, 15) is 20.0 Å². The maximum atomic E-state index is 11.1. The third-order valence-electron chi connectivity index (χ3n) is 4.24. The van der Waals surface area contributed by atoms with E-state index in [2.05, 4.69) is 6.58 Å². The van der Waals surface area contributed by atoms with Gasteiger partial charge in [-0.15, -0.1) is 0 Å². The molecule has 7 heteroatoms. The number of carbonyl (C=O) groups excluding carboxylic acids is 1. The second-order valence-electron chi connectivity index (χ2n) is 5.52. The summed E-state index contributed by atoms with van der Waals surface area (Å²) in [5.41, 5.74) is -1.34. The Hall–Kier alpha value is -2.41. The van der Waals surface area contributed by atoms with Crippen molar-refractivity contribution in [1.82, 2.24) is 0 Å². The molecule has 2 aliphatic heterocycles. The number of carbonyl (C=O) groups is 1. The number of fused-ring (bicyclic) bond motifs is 2. The molecule has 0 radical (unpaired) electrons. The van der Waals surface area contributed by atoms with Crippen LogP contribution in [-0.2, 0) is 4.74 Å². The van der Waals surface area contributed by atoms with Crippen molar-refractivity contribution in [3.63, 3.8) is 0 Å². The molecule has 1 aromatic carbocycles. The Morgan fingerprint density at radius 2 is 2.27 bits per heavy atom. The zero-order valence-electron chi connectivity index (χ0n) is 11.7. The summed E-state index contributed by atoms with van der Waals surface area (Å²) in [6.07, 6.45) is 3.67. The van der Waals surface area contributed by atoms with Crippen LogP contribution < -0.4 is 9.84 Å². The van der Waals surface area contributed by atoms with Crippen molar-refractivity contribution >= 4 is 11.7 Å². The second kappa shape index (κ2) is 5.10. The van der Waals surface area contributed by atoms with Crippen LogP contribution in [-0.4, -0.2) is 28.7 Å². The summed E-state index contributed by atoms with van der Waals surface area (Å²) in [7, 11) is 0. The first-order valence-electron chi connectivity index (χ1n) is 6.93. The first-order valence-corrected chi connectivity index (χ1v) is 6.93. The van der Waals surface area contributed by atoms with Crippen LogP contribution in [0.3, 0.4) is 0 Å². The van der Waals surface area contributed by atoms with E-state index in [0.29, 0.717) is 6.42 Å². The zero-order chi connectivity index (χ0) is 15.9. The smallest absolute Gasteiger partial charge is 0.311 e. The summed E-state index contributed by atoms with van der Waals surface area (Å²) in [5.74, 6) is -1.53. The molecule has 3 rings (SSSR count). The predicted octanol–water partition coefficient (Wildman–Crippen LogP) is 1.21. The number of rotatable bonds is 5. The average molecular weight is 304 g/mol. The molecule has 2 saturated heterocycles. The molecule has 116 valence electrons. The standard InChI is InChI=1S/C15H15NO6/c1-2-15(8-10-4-6-13(15)21-10)22-12-7-9(14(17)18)3-5-11(12)16(19)20/h2-3,5,7,10,13H,1,4,6,8H2,(H,17,18)/p-1. The van der Waals surface area contributed by atoms with Gasteiger partial charge in [-0.25, -0.2) is 0 Å². The molecule has 22 heavy (non-hydrogen) atoms. The second-order valence-corrected chi connectivity index (χ2v) is 5.52. The van der Waals surface area contributed by atoms with Gasteiger partial charge in [0.1, 0.15) is 6.10 Å². The molecule has 0 saturated carbocycles. The number of benzene rings is 1. The molecule has 0 aromatic heterocycles. The highest BCUT2D eigenvalue weighted by Crippen LogP contribution is 2.46. The maximum absolute atomic E-state index is 11.1. The zero-order valence-corrected chi connectivity index (χ0v) is 11.7. The Labute approximate surface area is 126 Å². The van der Waals surface area contributed by atoms with Gasteiger partial charge >= 0.3 is 5.69 Å². The Kier molecular flexibility index (Phi) is 3.37. The Bertz CT molecular complexity index is 657. The molecule has 0 aliphatic carbocycles. The molecule has 3 unspecified atom stereocenters. The molecule has 3 atom stereocenters. The number of hydrogen-bond donors (Lipinski definition) is 0. The summed E-state index contributed by atoms with van der Waals surface area (Å²) >= 11 is 0. The summed E-state index contributed by atoms with van der Waals surface area (Å²) in [5, 5.41) is 22.1. The minimum absolute atomic E-state index is 0.0476. The largest absolute Gasteiger partial charge is 0.545 e. The van der Waals surface area contributed by atoms with Gasteiger partial charge in [-0.3, -0.25) is 10.1 Å². The average Bonchev–Trinajstić information content (AvgIpc) is 3.07. The molecule has 0 spiro atoms. The van der Waals surface area contributed by atoms with E-state index >= 15 is 0 Å². The molecular formula is C15H14NO6-. The molecular weight excluding hydrogens is 290 g/mol. The van der Waals surface area contributed by atoms with E-state index in [1.807, 2.05) is 0 Å². The number of hydrogen-bond acceptors (Lipinski definition) is 6. The molecule has 2 aliphatic rings. The summed E-state index contributed by atoms with van der Waals surface area (Å²) < 4.78 is 11.6. The highest BCUT2D eigenvalue weighted by molar-refractivity contribution is 5.87. The van der Waals surface area contributed by atoms with Gasteiger partial charge in [0.2, 0.25) is 0 Å². The van der Waals surface area contributed by atoms with E-state index in [1.165, 1.54) is 0 Å². The highest BCUT2D eigenvalue weighted by Gasteiger charge is 2.53. The van der Waals surface area contributed by atoms with Crippen LogP contribution in [0.2, 0.25) is 0 Å². The Balaban J connectivity index is 1.99. The molecule has 0 N–H and O–H groups in total. The molecule has 2 fully saturated rings. The fraction of sp³-hybridized carbons (Fsp3) is 0.400. The number of carboxylic acid groups (broad SMARTS) is 1. The van der Waals surface area contributed by atoms with E-state index in [-0.39, 0.29) is 29.2 Å². The van der Waals surface area contributed by atoms with Gasteiger partial charge < -0.3 is 19.4 Å². The highest BCUT2D eigenvalue weighted by atomic mass is 16.6. The lowest BCUT2D eigenvalue weighted by Crippen LogP contribution is -2.43. The Morgan fingerprint density at radius 3 is 2.77 bits per heavy atom. The van der Waals surface area contributed by atoms with Crippen molar-refractivity contribution in [1.29, 1.82) is 0 Å². The van der Waals surface area contributed by atoms with Crippen molar-refractivity contribution in [3.05, 3.63) is 46.5 Å². The molecule has 7 nitrogen and oxygen atoms in total. The van der Waals surface area contributed by atoms with Gasteiger partial charge in [0.05, 0.1) is 17.0 Å². The number of nitrogens with zero attached hydrogens (tertiary/aromatic N) is 1. The van der Waals surface area contributed by atoms with Gasteiger partial charge in [-0.1, -0.05) is 6.58 Å². The van der Waals surface area contributed by atoms with Gasteiger partial charge in [-0.2, -0.15) is 0 Å². The quantitative estimate of drug-likeness (QED) is 0.460. The fourth-order valence-electron chi connectivity index (χ4n) is 3.14. The van der Waals surface area contributed by atoms with Crippen LogP contribution in [0.1, 0.15) is 29.6 Å². The number of nitro groups is 1. The van der Waals surface area contributed by atoms with Gasteiger partial charge in [-0.05, 0) is 31.1 Å². The summed E-state index contributed by atoms with van der Waals surface area (Å²) in [6.45, 7) is 3.76. The first kappa shape index (κ1) is 14.5. The lowest BCUT2D eigenvalue weighted by Gasteiger charge is -2.32. The van der Waals surface area contributed by atoms with Gasteiger partial charge in [0, 0.05) is 18.1 Å². The Morgan fingerprint density at radius 1 is 1.50 bits per heavy atom. The number of ether oxygens (including phenoxy) is 2. The number of aromatic carboxylic acids is 1. The van der Waals surface area contributed by atoms with E-state index in [0.717, 1.165) is 31.0 Å². The molecule has 1 aromatic rings. The SMILES string of the molecule is C=CC1(Oc2cc(C(=O)[O-])ccc2[N+](=O)[O-])CC2CCC1O2. The minimum atomic E-state index is -1.42. The topological polar surface area (TPSA) is 102 Å². The fourth-order valence-corrected chi connectivity index (χ4v) is 3.14. The number of carboxylic acids is 1. The van der Waals surface area contributed by atoms with Crippen LogP contribution in [0.4, 0.5) is 5.69 Å². The predicted molar refractivity (Wildman–Crippen MR) is 73.5 cm³/mol. The van der Waals surface area contributed by atoms with Crippen LogP contribution in [0.25, 0.3) is 0 Å². The normalized spacial score (nSPS) is 29.3. The lowest BCUT2D eigenvalue weighted by atomic mass is 9.84. The lowest BCUT2D eigenvalue weighted by molar-refractivity contribution is -0.386. The van der Waals surface area contributed by atoms with Crippen LogP contribution in [0.5, 0.6) is 5.75 Å². The third-order valence-corrected chi connectivity index (χ3v) is 4.24. The van der Waals surface area contributed by atoms with Crippen molar-refractivity contribution in [2.24, 2.45) is 0 Å². The molecule has 2 heterocycles. The maximum Gasteiger partial charge on any atom is 0.311 e. The van der Waals surface area contributed by atoms with Gasteiger partial charge in [0.15, 0.2) is 11.4 Å².